The van der Waals surface area contributed by atoms with Gasteiger partial charge in [-0.05, 0) is 38.5 Å². The van der Waals surface area contributed by atoms with Crippen LogP contribution in [0.25, 0.3) is 0 Å². The zero-order valence-corrected chi connectivity index (χ0v) is 14.0. The zero-order chi connectivity index (χ0) is 15.9. The average molecular weight is 304 g/mol. The molecule has 122 valence electrons. The molecule has 0 aliphatic heterocycles. The number of allylic oxidation sites excluding steroid dienone is 1. The number of rotatable bonds is 7. The van der Waals surface area contributed by atoms with Gasteiger partial charge in [0.1, 0.15) is 0 Å². The number of nitrogens with zero attached hydrogens (tertiary/aromatic N) is 2. The summed E-state index contributed by atoms with van der Waals surface area (Å²) in [4.78, 5) is 11.9. The molecular weight excluding hydrogens is 276 g/mol. The number of amides is 2. The van der Waals surface area contributed by atoms with Gasteiger partial charge < -0.3 is 10.6 Å². The number of nitrogens with one attached hydrogen (secondary N) is 2. The first-order chi connectivity index (χ1) is 10.7. The molecule has 0 fully saturated rings. The number of urea groups is 1. The summed E-state index contributed by atoms with van der Waals surface area (Å²) in [7, 11) is 1.97. The highest BCUT2D eigenvalue weighted by Crippen LogP contribution is 2.19. The molecule has 1 aromatic heterocycles. The minimum absolute atomic E-state index is 0.0912. The van der Waals surface area contributed by atoms with Crippen LogP contribution in [0.1, 0.15) is 56.5 Å². The summed E-state index contributed by atoms with van der Waals surface area (Å²) < 4.78 is 1.93. The smallest absolute Gasteiger partial charge is 0.315 e. The number of aromatic nitrogens is 2. The largest absolute Gasteiger partial charge is 0.338 e. The summed E-state index contributed by atoms with van der Waals surface area (Å²) >= 11 is 0. The van der Waals surface area contributed by atoms with Gasteiger partial charge in [0.15, 0.2) is 0 Å². The summed E-state index contributed by atoms with van der Waals surface area (Å²) in [6.07, 6.45) is 8.75. The van der Waals surface area contributed by atoms with Crippen molar-refractivity contribution >= 4 is 6.03 Å². The van der Waals surface area contributed by atoms with Crippen LogP contribution in [0.2, 0.25) is 0 Å². The Morgan fingerprint density at radius 2 is 2.14 bits per heavy atom. The van der Waals surface area contributed by atoms with Crippen molar-refractivity contribution in [2.45, 2.75) is 58.9 Å². The molecule has 5 nitrogen and oxygen atoms in total. The van der Waals surface area contributed by atoms with Gasteiger partial charge in [0.2, 0.25) is 0 Å². The molecule has 1 aliphatic rings. The number of hydrogen-bond donors (Lipinski definition) is 2. The molecule has 0 radical (unpaired) electrons. The summed E-state index contributed by atoms with van der Waals surface area (Å²) in [5, 5.41) is 10.4. The van der Waals surface area contributed by atoms with Crippen LogP contribution in [0.5, 0.6) is 0 Å². The molecule has 22 heavy (non-hydrogen) atoms. The van der Waals surface area contributed by atoms with Crippen LogP contribution in [-0.4, -0.2) is 22.4 Å². The lowest BCUT2D eigenvalue weighted by Gasteiger charge is -2.09. The van der Waals surface area contributed by atoms with Crippen molar-refractivity contribution in [2.75, 3.05) is 6.54 Å². The van der Waals surface area contributed by atoms with Crippen LogP contribution in [-0.2, 0) is 26.4 Å². The maximum atomic E-state index is 11.9. The SMILES string of the molecule is CCc1nn(C)c(CC)c1CNC(=O)NCCC1=CCCC1. The van der Waals surface area contributed by atoms with Crippen LogP contribution < -0.4 is 10.6 Å². The predicted octanol–water partition coefficient (Wildman–Crippen LogP) is 2.84. The second-order valence-electron chi connectivity index (χ2n) is 5.82. The minimum atomic E-state index is -0.0912. The van der Waals surface area contributed by atoms with Crippen molar-refractivity contribution in [1.29, 1.82) is 0 Å². The number of aryl methyl sites for hydroxylation is 2. The third-order valence-corrected chi connectivity index (χ3v) is 4.32. The monoisotopic (exact) mass is 304 g/mol. The minimum Gasteiger partial charge on any atom is -0.338 e. The van der Waals surface area contributed by atoms with Crippen molar-refractivity contribution in [2.24, 2.45) is 7.05 Å². The number of hydrogen-bond acceptors (Lipinski definition) is 2. The fourth-order valence-electron chi connectivity index (χ4n) is 3.13. The molecule has 2 amide bonds. The van der Waals surface area contributed by atoms with E-state index in [-0.39, 0.29) is 6.03 Å². The van der Waals surface area contributed by atoms with E-state index in [9.17, 15) is 4.79 Å². The molecule has 0 aromatic carbocycles. The highest BCUT2D eigenvalue weighted by Gasteiger charge is 2.14. The van der Waals surface area contributed by atoms with Crippen molar-refractivity contribution in [1.82, 2.24) is 20.4 Å². The Bertz CT molecular complexity index is 545. The lowest BCUT2D eigenvalue weighted by atomic mass is 10.1. The quantitative estimate of drug-likeness (QED) is 0.761. The Morgan fingerprint density at radius 3 is 2.77 bits per heavy atom. The van der Waals surface area contributed by atoms with Crippen molar-refractivity contribution in [3.8, 4) is 0 Å². The van der Waals surface area contributed by atoms with Crippen LogP contribution in [0.3, 0.4) is 0 Å². The summed E-state index contributed by atoms with van der Waals surface area (Å²) in [6, 6.07) is -0.0912. The molecule has 0 unspecified atom stereocenters. The first kappa shape index (κ1) is 16.6. The fraction of sp³-hybridized carbons (Fsp3) is 0.647. The van der Waals surface area contributed by atoms with Gasteiger partial charge in [0.05, 0.1) is 5.69 Å². The van der Waals surface area contributed by atoms with Gasteiger partial charge in [-0.25, -0.2) is 4.79 Å². The van der Waals surface area contributed by atoms with Crippen molar-refractivity contribution < 1.29 is 4.79 Å². The molecule has 0 spiro atoms. The predicted molar refractivity (Wildman–Crippen MR) is 88.8 cm³/mol. The molecule has 1 heterocycles. The summed E-state index contributed by atoms with van der Waals surface area (Å²) in [6.45, 7) is 5.48. The van der Waals surface area contributed by atoms with Gasteiger partial charge in [0.25, 0.3) is 0 Å². The second kappa shape index (κ2) is 8.01. The van der Waals surface area contributed by atoms with E-state index < -0.39 is 0 Å². The van der Waals surface area contributed by atoms with Crippen molar-refractivity contribution in [3.05, 3.63) is 28.6 Å². The molecule has 0 atom stereocenters. The molecule has 1 aromatic rings. The third kappa shape index (κ3) is 4.12. The van der Waals surface area contributed by atoms with Gasteiger partial charge in [0, 0.05) is 31.4 Å². The highest BCUT2D eigenvalue weighted by molar-refractivity contribution is 5.73. The van der Waals surface area contributed by atoms with E-state index in [2.05, 4.69) is 35.7 Å². The summed E-state index contributed by atoms with van der Waals surface area (Å²) in [5.74, 6) is 0. The maximum Gasteiger partial charge on any atom is 0.315 e. The van der Waals surface area contributed by atoms with E-state index in [1.165, 1.54) is 36.1 Å². The van der Waals surface area contributed by atoms with E-state index >= 15 is 0 Å². The molecular formula is C17H28N4O. The standard InChI is InChI=1S/C17H28N4O/c1-4-15-14(16(5-2)21(3)20-15)12-19-17(22)18-11-10-13-8-6-7-9-13/h8H,4-7,9-12H2,1-3H3,(H2,18,19,22). The molecule has 1 aliphatic carbocycles. The molecule has 5 heteroatoms. The van der Waals surface area contributed by atoms with Gasteiger partial charge in [-0.1, -0.05) is 25.5 Å². The highest BCUT2D eigenvalue weighted by atomic mass is 16.2. The lowest BCUT2D eigenvalue weighted by molar-refractivity contribution is 0.240. The molecule has 0 saturated carbocycles. The van der Waals surface area contributed by atoms with Crippen LogP contribution >= 0.6 is 0 Å². The lowest BCUT2D eigenvalue weighted by Crippen LogP contribution is -2.36. The van der Waals surface area contributed by atoms with Gasteiger partial charge >= 0.3 is 6.03 Å². The average Bonchev–Trinajstić information content (AvgIpc) is 3.12. The third-order valence-electron chi connectivity index (χ3n) is 4.32. The van der Waals surface area contributed by atoms with Gasteiger partial charge in [-0.3, -0.25) is 4.68 Å². The first-order valence-corrected chi connectivity index (χ1v) is 8.38. The Kier molecular flexibility index (Phi) is 6.04. The van der Waals surface area contributed by atoms with E-state index in [1.807, 2.05) is 11.7 Å². The molecule has 2 N–H and O–H groups in total. The zero-order valence-electron chi connectivity index (χ0n) is 14.0. The Hall–Kier alpha value is -1.78. The Labute approximate surface area is 133 Å². The molecule has 0 bridgehead atoms. The van der Waals surface area contributed by atoms with E-state index in [1.54, 1.807) is 0 Å². The van der Waals surface area contributed by atoms with Gasteiger partial charge in [-0.2, -0.15) is 5.10 Å². The second-order valence-corrected chi connectivity index (χ2v) is 5.82. The van der Waals surface area contributed by atoms with Crippen LogP contribution in [0.15, 0.2) is 11.6 Å². The topological polar surface area (TPSA) is 59.0 Å². The Balaban J connectivity index is 1.80. The Morgan fingerprint density at radius 1 is 1.32 bits per heavy atom. The van der Waals surface area contributed by atoms with Crippen LogP contribution in [0.4, 0.5) is 4.79 Å². The summed E-state index contributed by atoms with van der Waals surface area (Å²) in [5.41, 5.74) is 4.93. The fourth-order valence-corrected chi connectivity index (χ4v) is 3.13. The molecule has 2 rings (SSSR count). The molecule has 0 saturated heterocycles. The maximum absolute atomic E-state index is 11.9. The van der Waals surface area contributed by atoms with E-state index in [4.69, 9.17) is 0 Å². The van der Waals surface area contributed by atoms with Gasteiger partial charge in [-0.15, -0.1) is 0 Å². The van der Waals surface area contributed by atoms with Crippen molar-refractivity contribution in [3.63, 3.8) is 0 Å². The first-order valence-electron chi connectivity index (χ1n) is 8.38. The normalized spacial score (nSPS) is 14.0. The van der Waals surface area contributed by atoms with Crippen LogP contribution in [0, 0.1) is 0 Å². The van der Waals surface area contributed by atoms with E-state index in [0.717, 1.165) is 25.0 Å². The van der Waals surface area contributed by atoms with E-state index in [0.29, 0.717) is 13.1 Å². The number of carbonyl (C=O) groups is 1. The number of carbonyl (C=O) groups excluding carboxylic acids is 1.